The lowest BCUT2D eigenvalue weighted by atomic mass is 9.93. The van der Waals surface area contributed by atoms with E-state index in [2.05, 4.69) is 5.32 Å². The number of aliphatic imine (C=N–C) groups is 1. The van der Waals surface area contributed by atoms with Crippen LogP contribution in [0.3, 0.4) is 0 Å². The second kappa shape index (κ2) is 8.14. The number of hydrogen-bond donors (Lipinski definition) is 2. The topological polar surface area (TPSA) is 44.6 Å². The van der Waals surface area contributed by atoms with E-state index in [9.17, 15) is 5.11 Å². The maximum Gasteiger partial charge on any atom is 0.126 e. The third-order valence-electron chi connectivity index (χ3n) is 4.77. The van der Waals surface area contributed by atoms with E-state index in [0.29, 0.717) is 21.5 Å². The van der Waals surface area contributed by atoms with Gasteiger partial charge in [-0.25, -0.2) is 0 Å². The summed E-state index contributed by atoms with van der Waals surface area (Å²) in [5, 5.41) is 15.8. The molecule has 0 saturated heterocycles. The number of halogens is 3. The molecule has 0 amide bonds. The van der Waals surface area contributed by atoms with Crippen LogP contribution in [0.2, 0.25) is 15.1 Å². The number of rotatable bonds is 3. The molecular weight excluding hydrogens is 415 g/mol. The van der Waals surface area contributed by atoms with Crippen molar-refractivity contribution in [3.05, 3.63) is 98.5 Å². The number of phenols is 1. The minimum atomic E-state index is -0.278. The number of nitrogens with one attached hydrogen (secondary N) is 1. The molecule has 1 heterocycles. The fraction of sp³-hybridized carbons (Fsp3) is 0.136. The number of benzene rings is 3. The van der Waals surface area contributed by atoms with Gasteiger partial charge in [-0.3, -0.25) is 10.3 Å². The van der Waals surface area contributed by atoms with E-state index >= 15 is 0 Å². The van der Waals surface area contributed by atoms with Gasteiger partial charge in [0.05, 0.1) is 0 Å². The second-order valence-electron chi connectivity index (χ2n) is 6.66. The van der Waals surface area contributed by atoms with Gasteiger partial charge in [0.1, 0.15) is 11.9 Å². The standard InChI is InChI=1S/C22H17Cl3N2O/c23-15-5-1-13(2-6-15)19-12-20(18-11-17(25)9-10-21(18)28)27-22(26-19)14-3-7-16(24)8-4-14/h1-11,20,22,27-28H,12H2/t20-,22+/m1/s1. The van der Waals surface area contributed by atoms with Gasteiger partial charge in [-0.15, -0.1) is 0 Å². The van der Waals surface area contributed by atoms with E-state index in [1.807, 2.05) is 48.5 Å². The van der Waals surface area contributed by atoms with Gasteiger partial charge >= 0.3 is 0 Å². The van der Waals surface area contributed by atoms with E-state index < -0.39 is 0 Å². The Morgan fingerprint density at radius 1 is 0.821 bits per heavy atom. The Morgan fingerprint density at radius 3 is 2.11 bits per heavy atom. The molecule has 0 unspecified atom stereocenters. The van der Waals surface area contributed by atoms with Crippen LogP contribution in [0, 0.1) is 0 Å². The third kappa shape index (κ3) is 4.18. The van der Waals surface area contributed by atoms with Crippen LogP contribution < -0.4 is 5.32 Å². The molecule has 0 aliphatic carbocycles. The molecule has 4 rings (SSSR count). The molecule has 1 aliphatic rings. The minimum absolute atomic E-state index is 0.150. The maximum atomic E-state index is 10.4. The van der Waals surface area contributed by atoms with Crippen molar-refractivity contribution in [2.24, 2.45) is 4.99 Å². The molecular formula is C22H17Cl3N2O. The Hall–Kier alpha value is -2.04. The normalized spacial score (nSPS) is 19.3. The van der Waals surface area contributed by atoms with Crippen molar-refractivity contribution in [3.8, 4) is 5.75 Å². The van der Waals surface area contributed by atoms with Crippen molar-refractivity contribution in [2.45, 2.75) is 18.6 Å². The van der Waals surface area contributed by atoms with Gasteiger partial charge in [0.25, 0.3) is 0 Å². The molecule has 3 aromatic carbocycles. The first kappa shape index (κ1) is 19.3. The van der Waals surface area contributed by atoms with Crippen molar-refractivity contribution in [2.75, 3.05) is 0 Å². The number of phenolic OH excluding ortho intramolecular Hbond substituents is 1. The summed E-state index contributed by atoms with van der Waals surface area (Å²) in [5.74, 6) is 0.203. The van der Waals surface area contributed by atoms with Crippen LogP contribution >= 0.6 is 34.8 Å². The van der Waals surface area contributed by atoms with Crippen LogP contribution in [0.4, 0.5) is 0 Å². The minimum Gasteiger partial charge on any atom is -0.508 e. The molecule has 1 aliphatic heterocycles. The lowest BCUT2D eigenvalue weighted by molar-refractivity contribution is 0.413. The summed E-state index contributed by atoms with van der Waals surface area (Å²) in [7, 11) is 0. The van der Waals surface area contributed by atoms with Crippen molar-refractivity contribution < 1.29 is 5.11 Å². The fourth-order valence-electron chi connectivity index (χ4n) is 3.34. The molecule has 0 fully saturated rings. The zero-order valence-corrected chi connectivity index (χ0v) is 17.0. The Kier molecular flexibility index (Phi) is 5.61. The molecule has 0 bridgehead atoms. The average Bonchev–Trinajstić information content (AvgIpc) is 2.70. The molecule has 2 atom stereocenters. The zero-order valence-electron chi connectivity index (χ0n) is 14.7. The molecule has 6 heteroatoms. The molecule has 0 saturated carbocycles. The predicted octanol–water partition coefficient (Wildman–Crippen LogP) is 6.57. The summed E-state index contributed by atoms with van der Waals surface area (Å²) in [6.45, 7) is 0. The van der Waals surface area contributed by atoms with Crippen LogP contribution in [0.25, 0.3) is 0 Å². The molecule has 0 spiro atoms. The third-order valence-corrected chi connectivity index (χ3v) is 5.51. The van der Waals surface area contributed by atoms with Crippen LogP contribution in [-0.2, 0) is 0 Å². The summed E-state index contributed by atoms with van der Waals surface area (Å²) < 4.78 is 0. The van der Waals surface area contributed by atoms with Gasteiger partial charge in [0.2, 0.25) is 0 Å². The summed E-state index contributed by atoms with van der Waals surface area (Å²) in [4.78, 5) is 4.91. The average molecular weight is 432 g/mol. The Balaban J connectivity index is 1.76. The first-order valence-corrected chi connectivity index (χ1v) is 9.95. The van der Waals surface area contributed by atoms with E-state index in [4.69, 9.17) is 39.8 Å². The summed E-state index contributed by atoms with van der Waals surface area (Å²) >= 11 is 18.3. The molecule has 142 valence electrons. The molecule has 2 N–H and O–H groups in total. The van der Waals surface area contributed by atoms with Gasteiger partial charge in [-0.2, -0.15) is 0 Å². The second-order valence-corrected chi connectivity index (χ2v) is 7.97. The summed E-state index contributed by atoms with van der Waals surface area (Å²) in [6.07, 6.45) is 0.333. The van der Waals surface area contributed by atoms with Gasteiger partial charge in [0, 0.05) is 38.8 Å². The van der Waals surface area contributed by atoms with Crippen LogP contribution in [0.15, 0.2) is 71.7 Å². The quantitative estimate of drug-likeness (QED) is 0.492. The maximum absolute atomic E-state index is 10.4. The smallest absolute Gasteiger partial charge is 0.126 e. The van der Waals surface area contributed by atoms with Crippen molar-refractivity contribution in [1.82, 2.24) is 5.32 Å². The van der Waals surface area contributed by atoms with E-state index in [0.717, 1.165) is 22.4 Å². The summed E-state index contributed by atoms with van der Waals surface area (Å²) in [5.41, 5.74) is 3.66. The van der Waals surface area contributed by atoms with Crippen molar-refractivity contribution >= 4 is 40.5 Å². The van der Waals surface area contributed by atoms with Gasteiger partial charge in [0.15, 0.2) is 0 Å². The molecule has 0 radical (unpaired) electrons. The number of aromatic hydroxyl groups is 1. The van der Waals surface area contributed by atoms with Gasteiger partial charge < -0.3 is 5.11 Å². The highest BCUT2D eigenvalue weighted by molar-refractivity contribution is 6.31. The van der Waals surface area contributed by atoms with Crippen molar-refractivity contribution in [1.29, 1.82) is 0 Å². The first-order chi connectivity index (χ1) is 13.5. The Labute approximate surface area is 178 Å². The highest BCUT2D eigenvalue weighted by Gasteiger charge is 2.27. The number of nitrogens with zero attached hydrogens (tertiary/aromatic N) is 1. The molecule has 3 aromatic rings. The zero-order chi connectivity index (χ0) is 19.7. The molecule has 3 nitrogen and oxygen atoms in total. The Morgan fingerprint density at radius 2 is 1.43 bits per heavy atom. The molecule has 28 heavy (non-hydrogen) atoms. The van der Waals surface area contributed by atoms with Crippen molar-refractivity contribution in [3.63, 3.8) is 0 Å². The Bertz CT molecular complexity index is 1020. The number of hydrogen-bond acceptors (Lipinski definition) is 3. The van der Waals surface area contributed by atoms with E-state index in [1.165, 1.54) is 0 Å². The van der Waals surface area contributed by atoms with E-state index in [-0.39, 0.29) is 18.0 Å². The molecule has 0 aromatic heterocycles. The van der Waals surface area contributed by atoms with Crippen LogP contribution in [-0.4, -0.2) is 10.8 Å². The fourth-order valence-corrected chi connectivity index (χ4v) is 3.78. The SMILES string of the molecule is Oc1ccc(Cl)cc1[C@H]1CC(c2ccc(Cl)cc2)=N[C@H](c2ccc(Cl)cc2)N1. The largest absolute Gasteiger partial charge is 0.508 e. The monoisotopic (exact) mass is 430 g/mol. The predicted molar refractivity (Wildman–Crippen MR) is 116 cm³/mol. The highest BCUT2D eigenvalue weighted by atomic mass is 35.5. The van der Waals surface area contributed by atoms with E-state index in [1.54, 1.807) is 18.2 Å². The lowest BCUT2D eigenvalue weighted by Crippen LogP contribution is -2.33. The highest BCUT2D eigenvalue weighted by Crippen LogP contribution is 2.36. The van der Waals surface area contributed by atoms with Gasteiger partial charge in [-0.05, 0) is 53.6 Å². The van der Waals surface area contributed by atoms with Gasteiger partial charge in [-0.1, -0.05) is 59.1 Å². The lowest BCUT2D eigenvalue weighted by Gasteiger charge is -2.31. The first-order valence-electron chi connectivity index (χ1n) is 8.82. The van der Waals surface area contributed by atoms with Crippen LogP contribution in [0.5, 0.6) is 5.75 Å². The van der Waals surface area contributed by atoms with Crippen LogP contribution in [0.1, 0.15) is 35.3 Å². The summed E-state index contributed by atoms with van der Waals surface area (Å²) in [6, 6.07) is 20.1.